The van der Waals surface area contributed by atoms with Crippen LogP contribution >= 0.6 is 0 Å². The highest BCUT2D eigenvalue weighted by Crippen LogP contribution is 2.36. The van der Waals surface area contributed by atoms with Crippen molar-refractivity contribution in [2.24, 2.45) is 0 Å². The van der Waals surface area contributed by atoms with Crippen molar-refractivity contribution < 1.29 is 22.5 Å². The van der Waals surface area contributed by atoms with Gasteiger partial charge in [0.1, 0.15) is 0 Å². The molecule has 1 N–H and O–H groups in total. The Morgan fingerprint density at radius 3 is 2.26 bits per heavy atom. The maximum absolute atomic E-state index is 13.1. The van der Waals surface area contributed by atoms with E-state index >= 15 is 0 Å². The molecule has 0 spiro atoms. The molecular formula is C19H30BNO5S. The van der Waals surface area contributed by atoms with Crippen LogP contribution in [0.1, 0.15) is 53.0 Å². The van der Waals surface area contributed by atoms with Crippen LogP contribution in [-0.2, 0) is 30.5 Å². The van der Waals surface area contributed by atoms with Gasteiger partial charge in [0.15, 0.2) is 0 Å². The van der Waals surface area contributed by atoms with Crippen molar-refractivity contribution in [2.45, 2.75) is 76.0 Å². The lowest BCUT2D eigenvalue weighted by atomic mass is 9.78. The quantitative estimate of drug-likeness (QED) is 0.773. The Balaban J connectivity index is 1.90. The fraction of sp³-hybridized carbons (Fsp3) is 0.684. The Bertz CT molecular complexity index is 771. The van der Waals surface area contributed by atoms with Crippen molar-refractivity contribution >= 4 is 22.6 Å². The highest BCUT2D eigenvalue weighted by Gasteiger charge is 2.51. The van der Waals surface area contributed by atoms with Gasteiger partial charge in [0, 0.05) is 19.3 Å². The fourth-order valence-corrected chi connectivity index (χ4v) is 4.99. The fourth-order valence-electron chi connectivity index (χ4n) is 3.34. The van der Waals surface area contributed by atoms with Gasteiger partial charge < -0.3 is 14.0 Å². The summed E-state index contributed by atoms with van der Waals surface area (Å²) in [5, 5.41) is 0. The Labute approximate surface area is 163 Å². The minimum atomic E-state index is -3.63. The Morgan fingerprint density at radius 2 is 1.70 bits per heavy atom. The Kier molecular flexibility index (Phi) is 5.76. The number of hydrogen-bond acceptors (Lipinski definition) is 5. The summed E-state index contributed by atoms with van der Waals surface area (Å²) in [4.78, 5) is 0.309. The monoisotopic (exact) mass is 395 g/mol. The van der Waals surface area contributed by atoms with Crippen molar-refractivity contribution in [2.75, 3.05) is 13.2 Å². The van der Waals surface area contributed by atoms with Crippen LogP contribution in [0.15, 0.2) is 23.1 Å². The average molecular weight is 395 g/mol. The first-order valence-electron chi connectivity index (χ1n) is 9.64. The molecule has 1 aromatic rings. The molecule has 8 heteroatoms. The molecule has 2 aliphatic rings. The lowest BCUT2D eigenvalue weighted by molar-refractivity contribution is 0.00578. The van der Waals surface area contributed by atoms with Gasteiger partial charge in [-0.2, -0.15) is 0 Å². The largest absolute Gasteiger partial charge is 0.494 e. The zero-order chi connectivity index (χ0) is 19.9. The molecule has 1 aromatic carbocycles. The third-order valence-electron chi connectivity index (χ3n) is 5.83. The summed E-state index contributed by atoms with van der Waals surface area (Å²) in [5.74, 6) is 0. The molecule has 6 nitrogen and oxygen atoms in total. The van der Waals surface area contributed by atoms with E-state index in [0.717, 1.165) is 11.0 Å². The summed E-state index contributed by atoms with van der Waals surface area (Å²) in [6.45, 7) is 11.1. The summed E-state index contributed by atoms with van der Waals surface area (Å²) in [7, 11) is -4.21. The highest BCUT2D eigenvalue weighted by molar-refractivity contribution is 7.89. The van der Waals surface area contributed by atoms with Crippen molar-refractivity contribution in [3.8, 4) is 0 Å². The first-order chi connectivity index (χ1) is 12.6. The minimum Gasteiger partial charge on any atom is -0.399 e. The van der Waals surface area contributed by atoms with Crippen LogP contribution in [0.3, 0.4) is 0 Å². The van der Waals surface area contributed by atoms with Gasteiger partial charge in [-0.1, -0.05) is 19.1 Å². The minimum absolute atomic E-state index is 0.0889. The number of hydrogen-bond donors (Lipinski definition) is 1. The van der Waals surface area contributed by atoms with E-state index in [1.54, 1.807) is 6.07 Å². The van der Waals surface area contributed by atoms with Gasteiger partial charge in [-0.3, -0.25) is 0 Å². The van der Waals surface area contributed by atoms with Gasteiger partial charge in [0.2, 0.25) is 10.0 Å². The van der Waals surface area contributed by atoms with Crippen LogP contribution in [0.2, 0.25) is 0 Å². The molecule has 0 saturated carbocycles. The zero-order valence-electron chi connectivity index (χ0n) is 16.9. The summed E-state index contributed by atoms with van der Waals surface area (Å²) in [6.07, 6.45) is 2.02. The van der Waals surface area contributed by atoms with Crippen molar-refractivity contribution in [3.63, 3.8) is 0 Å². The maximum Gasteiger partial charge on any atom is 0.494 e. The first-order valence-corrected chi connectivity index (χ1v) is 11.1. The van der Waals surface area contributed by atoms with Crippen LogP contribution in [-0.4, -0.2) is 46.0 Å². The SMILES string of the molecule is CCc1ccc(B2OC(C)(C)C(C)(C)O2)cc1S(=O)(=O)NC1CCOCC1. The third-order valence-corrected chi connectivity index (χ3v) is 7.43. The van der Waals surface area contributed by atoms with Gasteiger partial charge in [0.25, 0.3) is 0 Å². The number of benzene rings is 1. The molecule has 0 unspecified atom stereocenters. The molecule has 0 aliphatic carbocycles. The molecule has 0 atom stereocenters. The number of rotatable bonds is 5. The molecule has 27 heavy (non-hydrogen) atoms. The molecular weight excluding hydrogens is 365 g/mol. The normalized spacial score (nSPS) is 22.9. The lowest BCUT2D eigenvalue weighted by Crippen LogP contribution is -2.41. The Hall–Kier alpha value is -0.925. The summed E-state index contributed by atoms with van der Waals surface area (Å²) in [5.41, 5.74) is 0.564. The molecule has 0 bridgehead atoms. The summed E-state index contributed by atoms with van der Waals surface area (Å²) >= 11 is 0. The van der Waals surface area contributed by atoms with Gasteiger partial charge in [-0.05, 0) is 64.1 Å². The standard InChI is InChI=1S/C19H30BNO5S/c1-6-14-7-8-15(20-25-18(2,3)19(4,5)26-20)13-17(14)27(22,23)21-16-9-11-24-12-10-16/h7-8,13,16,21H,6,9-12H2,1-5H3. The van der Waals surface area contributed by atoms with Crippen LogP contribution in [0.25, 0.3) is 0 Å². The second-order valence-corrected chi connectivity index (χ2v) is 10.00. The lowest BCUT2D eigenvalue weighted by Gasteiger charge is -2.32. The van der Waals surface area contributed by atoms with E-state index in [2.05, 4.69) is 4.72 Å². The molecule has 2 saturated heterocycles. The number of ether oxygens (including phenoxy) is 1. The molecule has 0 aromatic heterocycles. The number of sulfonamides is 1. The van der Waals surface area contributed by atoms with Crippen LogP contribution in [0.5, 0.6) is 0 Å². The van der Waals surface area contributed by atoms with E-state index in [1.807, 2.05) is 46.8 Å². The molecule has 2 fully saturated rings. The van der Waals surface area contributed by atoms with E-state index in [-0.39, 0.29) is 6.04 Å². The van der Waals surface area contributed by atoms with Crippen LogP contribution in [0.4, 0.5) is 0 Å². The summed E-state index contributed by atoms with van der Waals surface area (Å²) in [6, 6.07) is 5.37. The topological polar surface area (TPSA) is 73.9 Å². The highest BCUT2D eigenvalue weighted by atomic mass is 32.2. The van der Waals surface area contributed by atoms with Crippen molar-refractivity contribution in [1.29, 1.82) is 0 Å². The van der Waals surface area contributed by atoms with Crippen LogP contribution < -0.4 is 10.2 Å². The van der Waals surface area contributed by atoms with E-state index in [9.17, 15) is 8.42 Å². The smallest absolute Gasteiger partial charge is 0.399 e. The van der Waals surface area contributed by atoms with Crippen molar-refractivity contribution in [3.05, 3.63) is 23.8 Å². The average Bonchev–Trinajstić information content (AvgIpc) is 2.82. The molecule has 150 valence electrons. The third kappa shape index (κ3) is 4.25. The second-order valence-electron chi connectivity index (χ2n) is 8.32. The number of aryl methyl sites for hydroxylation is 1. The van der Waals surface area contributed by atoms with Gasteiger partial charge in [-0.25, -0.2) is 13.1 Å². The second kappa shape index (κ2) is 7.48. The van der Waals surface area contributed by atoms with E-state index in [1.165, 1.54) is 0 Å². The van der Waals surface area contributed by atoms with E-state index in [4.69, 9.17) is 14.0 Å². The molecule has 0 amide bonds. The van der Waals surface area contributed by atoms with Gasteiger partial charge in [-0.15, -0.1) is 0 Å². The Morgan fingerprint density at radius 1 is 1.11 bits per heavy atom. The van der Waals surface area contributed by atoms with E-state index in [0.29, 0.717) is 37.4 Å². The molecule has 2 aliphatic heterocycles. The molecule has 0 radical (unpaired) electrons. The summed E-state index contributed by atoms with van der Waals surface area (Å²) < 4.78 is 46.5. The maximum atomic E-state index is 13.1. The molecule has 3 rings (SSSR count). The predicted octanol–water partition coefficient (Wildman–Crippen LogP) is 2.01. The van der Waals surface area contributed by atoms with Crippen molar-refractivity contribution in [1.82, 2.24) is 4.72 Å². The van der Waals surface area contributed by atoms with Crippen LogP contribution in [0, 0.1) is 0 Å². The predicted molar refractivity (Wildman–Crippen MR) is 106 cm³/mol. The number of nitrogens with one attached hydrogen (secondary N) is 1. The van der Waals surface area contributed by atoms with Gasteiger partial charge >= 0.3 is 7.12 Å². The zero-order valence-corrected chi connectivity index (χ0v) is 17.7. The first kappa shape index (κ1) is 20.8. The van der Waals surface area contributed by atoms with Gasteiger partial charge in [0.05, 0.1) is 16.1 Å². The molecule has 2 heterocycles. The van der Waals surface area contributed by atoms with E-state index < -0.39 is 28.3 Å².